The molecule has 33 heavy (non-hydrogen) atoms. The van der Waals surface area contributed by atoms with Crippen molar-refractivity contribution in [2.45, 2.75) is 50.1 Å². The molecule has 4 rings (SSSR count). The van der Waals surface area contributed by atoms with Crippen molar-refractivity contribution in [3.8, 4) is 11.8 Å². The summed E-state index contributed by atoms with van der Waals surface area (Å²) in [6.07, 6.45) is 4.87. The van der Waals surface area contributed by atoms with Gasteiger partial charge < -0.3 is 15.1 Å². The molecule has 1 saturated carbocycles. The SMILES string of the molecule is CC(C)C#Cc1cnc2c(C3CNCCN3C(=O)N(C)C)cc(S(=O)(=O)NC3(C)CC3)cn12. The Bertz CT molecular complexity index is 1230. The summed E-state index contributed by atoms with van der Waals surface area (Å²) in [7, 11) is -0.338. The minimum absolute atomic E-state index is 0.122. The number of hydrogen-bond donors (Lipinski definition) is 2. The summed E-state index contributed by atoms with van der Waals surface area (Å²) in [6.45, 7) is 7.59. The number of sulfonamides is 1. The van der Waals surface area contributed by atoms with E-state index in [1.54, 1.807) is 41.9 Å². The van der Waals surface area contributed by atoms with Crippen LogP contribution in [0.15, 0.2) is 23.4 Å². The third kappa shape index (κ3) is 4.86. The fourth-order valence-electron chi connectivity index (χ4n) is 3.93. The zero-order valence-corrected chi connectivity index (χ0v) is 20.7. The van der Waals surface area contributed by atoms with E-state index < -0.39 is 15.6 Å². The summed E-state index contributed by atoms with van der Waals surface area (Å²) in [6, 6.07) is 1.17. The van der Waals surface area contributed by atoms with Gasteiger partial charge in [0.1, 0.15) is 11.3 Å². The molecule has 1 aliphatic carbocycles. The normalized spacial score (nSPS) is 19.9. The molecular formula is C23H32N6O3S. The molecule has 10 heteroatoms. The highest BCUT2D eigenvalue weighted by atomic mass is 32.2. The Kier molecular flexibility index (Phi) is 6.16. The zero-order valence-electron chi connectivity index (χ0n) is 19.8. The summed E-state index contributed by atoms with van der Waals surface area (Å²) >= 11 is 0. The van der Waals surface area contributed by atoms with Crippen molar-refractivity contribution in [1.29, 1.82) is 0 Å². The van der Waals surface area contributed by atoms with Crippen LogP contribution in [-0.2, 0) is 10.0 Å². The maximum Gasteiger partial charge on any atom is 0.320 e. The molecule has 2 aromatic rings. The number of urea groups is 1. The second kappa shape index (κ2) is 8.63. The molecule has 2 aliphatic rings. The lowest BCUT2D eigenvalue weighted by atomic mass is 10.0. The van der Waals surface area contributed by atoms with Crippen molar-refractivity contribution in [2.75, 3.05) is 33.7 Å². The molecule has 1 saturated heterocycles. The van der Waals surface area contributed by atoms with E-state index in [2.05, 4.69) is 26.9 Å². The third-order valence-corrected chi connectivity index (χ3v) is 7.63. The van der Waals surface area contributed by atoms with E-state index in [1.165, 1.54) is 4.90 Å². The first-order valence-corrected chi connectivity index (χ1v) is 12.7. The van der Waals surface area contributed by atoms with Gasteiger partial charge in [-0.25, -0.2) is 22.9 Å². The van der Waals surface area contributed by atoms with Crippen LogP contribution in [0, 0.1) is 17.8 Å². The topological polar surface area (TPSA) is 99.1 Å². The van der Waals surface area contributed by atoms with E-state index in [9.17, 15) is 13.2 Å². The van der Waals surface area contributed by atoms with Crippen LogP contribution in [0.2, 0.25) is 0 Å². The van der Waals surface area contributed by atoms with E-state index in [-0.39, 0.29) is 22.9 Å². The van der Waals surface area contributed by atoms with Gasteiger partial charge in [0, 0.05) is 56.9 Å². The minimum Gasteiger partial charge on any atom is -0.331 e. The zero-order chi connectivity index (χ0) is 24.0. The molecule has 0 aromatic carbocycles. The average molecular weight is 473 g/mol. The molecule has 0 radical (unpaired) electrons. The highest BCUT2D eigenvalue weighted by molar-refractivity contribution is 7.89. The largest absolute Gasteiger partial charge is 0.331 e. The highest BCUT2D eigenvalue weighted by Crippen LogP contribution is 2.36. The first-order valence-electron chi connectivity index (χ1n) is 11.3. The van der Waals surface area contributed by atoms with Crippen molar-refractivity contribution in [3.05, 3.63) is 29.7 Å². The lowest BCUT2D eigenvalue weighted by molar-refractivity contribution is 0.135. The summed E-state index contributed by atoms with van der Waals surface area (Å²) < 4.78 is 31.2. The maximum absolute atomic E-state index is 13.3. The Morgan fingerprint density at radius 3 is 2.73 bits per heavy atom. The maximum atomic E-state index is 13.3. The Balaban J connectivity index is 1.89. The van der Waals surface area contributed by atoms with Crippen LogP contribution in [0.4, 0.5) is 4.79 Å². The minimum atomic E-state index is -3.77. The number of pyridine rings is 1. The van der Waals surface area contributed by atoms with E-state index in [1.807, 2.05) is 20.8 Å². The fourth-order valence-corrected chi connectivity index (χ4v) is 5.43. The van der Waals surface area contributed by atoms with Crippen LogP contribution in [0.25, 0.3) is 5.65 Å². The molecule has 2 fully saturated rings. The van der Waals surface area contributed by atoms with Gasteiger partial charge in [-0.1, -0.05) is 19.8 Å². The lowest BCUT2D eigenvalue weighted by Gasteiger charge is -2.38. The molecule has 9 nitrogen and oxygen atoms in total. The van der Waals surface area contributed by atoms with Gasteiger partial charge in [-0.3, -0.25) is 4.40 Å². The Morgan fingerprint density at radius 1 is 1.36 bits per heavy atom. The molecule has 3 heterocycles. The van der Waals surface area contributed by atoms with Crippen LogP contribution >= 0.6 is 0 Å². The third-order valence-electron chi connectivity index (χ3n) is 6.02. The Labute approximate surface area is 195 Å². The number of fused-ring (bicyclic) bond motifs is 1. The van der Waals surface area contributed by atoms with Crippen LogP contribution in [-0.4, -0.2) is 72.9 Å². The number of nitrogens with zero attached hydrogens (tertiary/aromatic N) is 4. The summed E-state index contributed by atoms with van der Waals surface area (Å²) in [4.78, 5) is 21.0. The van der Waals surface area contributed by atoms with E-state index in [0.29, 0.717) is 36.5 Å². The van der Waals surface area contributed by atoms with Crippen LogP contribution in [0.3, 0.4) is 0 Å². The number of piperazine rings is 1. The van der Waals surface area contributed by atoms with Crippen molar-refractivity contribution in [3.63, 3.8) is 0 Å². The van der Waals surface area contributed by atoms with Gasteiger partial charge in [-0.2, -0.15) is 0 Å². The number of hydrogen-bond acceptors (Lipinski definition) is 5. The molecule has 1 aliphatic heterocycles. The number of rotatable bonds is 4. The van der Waals surface area contributed by atoms with E-state index in [4.69, 9.17) is 0 Å². The number of aromatic nitrogens is 2. The molecule has 1 atom stereocenters. The van der Waals surface area contributed by atoms with Crippen LogP contribution in [0.5, 0.6) is 0 Å². The van der Waals surface area contributed by atoms with E-state index in [0.717, 1.165) is 12.8 Å². The first-order chi connectivity index (χ1) is 15.5. The van der Waals surface area contributed by atoms with Crippen molar-refractivity contribution in [2.24, 2.45) is 5.92 Å². The summed E-state index contributed by atoms with van der Waals surface area (Å²) in [5, 5.41) is 3.33. The molecule has 0 spiro atoms. The average Bonchev–Trinajstić information content (AvgIpc) is 3.32. The Morgan fingerprint density at radius 2 is 2.09 bits per heavy atom. The molecule has 2 amide bonds. The predicted octanol–water partition coefficient (Wildman–Crippen LogP) is 1.80. The number of carbonyl (C=O) groups excluding carboxylic acids is 1. The number of carbonyl (C=O) groups is 1. The molecule has 178 valence electrons. The Hall–Kier alpha value is -2.61. The molecule has 2 aromatic heterocycles. The van der Waals surface area contributed by atoms with Crippen LogP contribution in [0.1, 0.15) is 50.9 Å². The van der Waals surface area contributed by atoms with Gasteiger partial charge in [0.2, 0.25) is 10.0 Å². The molecule has 2 N–H and O–H groups in total. The van der Waals surface area contributed by atoms with Gasteiger partial charge in [-0.15, -0.1) is 0 Å². The van der Waals surface area contributed by atoms with Gasteiger partial charge >= 0.3 is 6.03 Å². The lowest BCUT2D eigenvalue weighted by Crippen LogP contribution is -2.51. The van der Waals surface area contributed by atoms with Gasteiger partial charge in [0.25, 0.3) is 0 Å². The monoisotopic (exact) mass is 472 g/mol. The number of imidazole rings is 1. The van der Waals surface area contributed by atoms with Gasteiger partial charge in [-0.05, 0) is 31.8 Å². The van der Waals surface area contributed by atoms with E-state index >= 15 is 0 Å². The fraction of sp³-hybridized carbons (Fsp3) is 0.565. The first kappa shape index (κ1) is 23.5. The predicted molar refractivity (Wildman–Crippen MR) is 126 cm³/mol. The quantitative estimate of drug-likeness (QED) is 0.661. The molecule has 0 bridgehead atoms. The molecule has 1 unspecified atom stereocenters. The molecular weight excluding hydrogens is 440 g/mol. The second-order valence-electron chi connectivity index (χ2n) is 9.65. The number of nitrogens with one attached hydrogen (secondary N) is 2. The second-order valence-corrected chi connectivity index (χ2v) is 11.3. The summed E-state index contributed by atoms with van der Waals surface area (Å²) in [5.41, 5.74) is 1.50. The van der Waals surface area contributed by atoms with Gasteiger partial charge in [0.05, 0.1) is 17.1 Å². The highest BCUT2D eigenvalue weighted by Gasteiger charge is 2.42. The standard InChI is InChI=1S/C23H32N6O3S/c1-16(2)6-7-17-13-25-21-19(20-14-24-10-11-28(20)22(30)27(4)5)12-18(15-29(17)21)33(31,32)26-23(3)8-9-23/h12-13,15-16,20,24,26H,8-11,14H2,1-5H3. The van der Waals surface area contributed by atoms with Crippen LogP contribution < -0.4 is 10.0 Å². The summed E-state index contributed by atoms with van der Waals surface area (Å²) in [5.74, 6) is 6.41. The number of amides is 2. The van der Waals surface area contributed by atoms with Crippen molar-refractivity contribution in [1.82, 2.24) is 29.2 Å². The van der Waals surface area contributed by atoms with Gasteiger partial charge in [0.15, 0.2) is 0 Å². The van der Waals surface area contributed by atoms with Crippen molar-refractivity contribution < 1.29 is 13.2 Å². The van der Waals surface area contributed by atoms with Crippen molar-refractivity contribution >= 4 is 21.7 Å². The smallest absolute Gasteiger partial charge is 0.320 e.